The summed E-state index contributed by atoms with van der Waals surface area (Å²) in [5, 5.41) is 7.96. The summed E-state index contributed by atoms with van der Waals surface area (Å²) in [5.41, 5.74) is 3.58. The first-order valence-corrected chi connectivity index (χ1v) is 11.2. The van der Waals surface area contributed by atoms with Gasteiger partial charge < -0.3 is 24.1 Å². The van der Waals surface area contributed by atoms with Crippen LogP contribution < -0.4 is 10.2 Å². The highest BCUT2D eigenvalue weighted by Crippen LogP contribution is 2.29. The molecule has 1 fully saturated rings. The molecule has 1 N–H and O–H groups in total. The maximum Gasteiger partial charge on any atom is 0.340 e. The molecule has 0 unspecified atom stereocenters. The van der Waals surface area contributed by atoms with Crippen molar-refractivity contribution in [2.24, 2.45) is 7.05 Å². The van der Waals surface area contributed by atoms with E-state index >= 15 is 0 Å². The van der Waals surface area contributed by atoms with Crippen LogP contribution >= 0.6 is 0 Å². The number of anilines is 2. The summed E-state index contributed by atoms with van der Waals surface area (Å²) >= 11 is 0. The van der Waals surface area contributed by atoms with E-state index in [-0.39, 0.29) is 5.56 Å². The van der Waals surface area contributed by atoms with Gasteiger partial charge in [-0.3, -0.25) is 9.48 Å². The van der Waals surface area contributed by atoms with E-state index in [4.69, 9.17) is 13.9 Å². The molecule has 180 valence electrons. The van der Waals surface area contributed by atoms with Gasteiger partial charge >= 0.3 is 5.97 Å². The number of morpholine rings is 1. The molecule has 0 bridgehead atoms. The molecular weight excluding hydrogens is 450 g/mol. The summed E-state index contributed by atoms with van der Waals surface area (Å²) in [6.07, 6.45) is 1.55. The summed E-state index contributed by atoms with van der Waals surface area (Å²) in [5.74, 6) is -0.403. The summed E-state index contributed by atoms with van der Waals surface area (Å²) < 4.78 is 17.6. The van der Waals surface area contributed by atoms with Crippen molar-refractivity contribution in [3.05, 3.63) is 59.5 Å². The third-order valence-corrected chi connectivity index (χ3v) is 6.02. The lowest BCUT2D eigenvalue weighted by Gasteiger charge is -2.29. The Morgan fingerprint density at radius 2 is 1.91 bits per heavy atom. The van der Waals surface area contributed by atoms with Crippen molar-refractivity contribution in [2.45, 2.75) is 6.92 Å². The number of nitrogens with zero attached hydrogens (tertiary/aromatic N) is 4. The van der Waals surface area contributed by atoms with Crippen molar-refractivity contribution in [2.75, 3.05) is 43.6 Å². The van der Waals surface area contributed by atoms with Crippen molar-refractivity contribution in [3.8, 4) is 11.5 Å². The van der Waals surface area contributed by atoms with Crippen molar-refractivity contribution in [3.63, 3.8) is 0 Å². The average molecular weight is 476 g/mol. The van der Waals surface area contributed by atoms with E-state index in [0.29, 0.717) is 52.6 Å². The van der Waals surface area contributed by atoms with Crippen LogP contribution in [0.15, 0.2) is 47.1 Å². The number of benzene rings is 1. The van der Waals surface area contributed by atoms with Crippen LogP contribution in [-0.4, -0.2) is 60.1 Å². The number of fused-ring (bicyclic) bond motifs is 1. The predicted octanol–water partition coefficient (Wildman–Crippen LogP) is 3.41. The molecule has 0 radical (unpaired) electrons. The van der Waals surface area contributed by atoms with Gasteiger partial charge in [0.15, 0.2) is 11.4 Å². The van der Waals surface area contributed by atoms with Crippen LogP contribution in [0.4, 0.5) is 11.4 Å². The van der Waals surface area contributed by atoms with Gasteiger partial charge in [-0.25, -0.2) is 9.78 Å². The van der Waals surface area contributed by atoms with Gasteiger partial charge in [-0.1, -0.05) is 0 Å². The zero-order valence-corrected chi connectivity index (χ0v) is 19.7. The Morgan fingerprint density at radius 3 is 2.63 bits per heavy atom. The van der Waals surface area contributed by atoms with Crippen molar-refractivity contribution >= 4 is 34.3 Å². The average Bonchev–Trinajstić information content (AvgIpc) is 3.52. The molecule has 5 rings (SSSR count). The van der Waals surface area contributed by atoms with Gasteiger partial charge in [0.05, 0.1) is 54.5 Å². The van der Waals surface area contributed by atoms with Gasteiger partial charge in [0.2, 0.25) is 0 Å². The number of rotatable bonds is 5. The number of aromatic nitrogens is 3. The lowest BCUT2D eigenvalue weighted by molar-refractivity contribution is 0.0602. The molecular formula is C25H25N5O5. The van der Waals surface area contributed by atoms with Gasteiger partial charge in [-0.2, -0.15) is 5.10 Å². The fourth-order valence-corrected chi connectivity index (χ4v) is 4.30. The fraction of sp³-hybridized carbons (Fsp3) is 0.280. The largest absolute Gasteiger partial charge is 0.465 e. The molecule has 1 aliphatic rings. The van der Waals surface area contributed by atoms with Gasteiger partial charge in [0, 0.05) is 25.8 Å². The van der Waals surface area contributed by atoms with E-state index in [1.54, 1.807) is 48.3 Å². The lowest BCUT2D eigenvalue weighted by Crippen LogP contribution is -2.36. The number of furan rings is 1. The zero-order valence-electron chi connectivity index (χ0n) is 19.7. The smallest absolute Gasteiger partial charge is 0.340 e. The van der Waals surface area contributed by atoms with E-state index < -0.39 is 11.9 Å². The molecule has 0 aliphatic carbocycles. The SMILES string of the molecule is COC(=O)c1cc(N2CCOCC2)ccc1NC(=O)c1cc(-c2ccco2)nc2c1c(C)nn2C. The molecule has 35 heavy (non-hydrogen) atoms. The molecule has 4 aromatic rings. The zero-order chi connectivity index (χ0) is 24.5. The van der Waals surface area contributed by atoms with Gasteiger partial charge in [0.25, 0.3) is 5.91 Å². The van der Waals surface area contributed by atoms with Crippen LogP contribution in [0.5, 0.6) is 0 Å². The second-order valence-corrected chi connectivity index (χ2v) is 8.21. The monoisotopic (exact) mass is 475 g/mol. The maximum atomic E-state index is 13.6. The normalized spacial score (nSPS) is 13.7. The Balaban J connectivity index is 1.55. The minimum atomic E-state index is -0.538. The number of hydrogen-bond acceptors (Lipinski definition) is 8. The van der Waals surface area contributed by atoms with E-state index in [1.807, 2.05) is 13.0 Å². The standard InChI is InChI=1S/C25H25N5O5/c1-15-22-18(14-20(21-5-4-10-35-21)26-23(22)29(2)28-15)24(31)27-19-7-6-16(13-17(19)25(32)33-3)30-8-11-34-12-9-30/h4-7,10,13-14H,8-9,11-12H2,1-3H3,(H,27,31). The molecule has 10 heteroatoms. The highest BCUT2D eigenvalue weighted by atomic mass is 16.5. The molecule has 0 saturated carbocycles. The highest BCUT2D eigenvalue weighted by Gasteiger charge is 2.23. The van der Waals surface area contributed by atoms with Crippen molar-refractivity contribution in [1.82, 2.24) is 14.8 Å². The van der Waals surface area contributed by atoms with Gasteiger partial charge in [-0.05, 0) is 43.3 Å². The number of hydrogen-bond donors (Lipinski definition) is 1. The van der Waals surface area contributed by atoms with Crippen molar-refractivity contribution in [1.29, 1.82) is 0 Å². The van der Waals surface area contributed by atoms with E-state index in [9.17, 15) is 9.59 Å². The Bertz CT molecular complexity index is 1400. The first-order chi connectivity index (χ1) is 17.0. The number of ether oxygens (including phenoxy) is 2. The Morgan fingerprint density at radius 1 is 1.11 bits per heavy atom. The van der Waals surface area contributed by atoms with Crippen molar-refractivity contribution < 1.29 is 23.5 Å². The number of carbonyl (C=O) groups excluding carboxylic acids is 2. The quantitative estimate of drug-likeness (QED) is 0.437. The minimum Gasteiger partial charge on any atom is -0.465 e. The third kappa shape index (κ3) is 4.24. The molecule has 3 aromatic heterocycles. The summed E-state index contributed by atoms with van der Waals surface area (Å²) in [4.78, 5) is 33.0. The number of pyridine rings is 1. The molecule has 0 atom stereocenters. The molecule has 4 heterocycles. The maximum absolute atomic E-state index is 13.6. The number of nitrogens with one attached hydrogen (secondary N) is 1. The molecule has 1 saturated heterocycles. The summed E-state index contributed by atoms with van der Waals surface area (Å²) in [6, 6.07) is 10.5. The number of aryl methyl sites for hydroxylation is 2. The van der Waals surface area contributed by atoms with Crippen LogP contribution in [0.25, 0.3) is 22.5 Å². The predicted molar refractivity (Wildman–Crippen MR) is 130 cm³/mol. The summed E-state index contributed by atoms with van der Waals surface area (Å²) in [7, 11) is 3.09. The van der Waals surface area contributed by atoms with Crippen LogP contribution in [0.1, 0.15) is 26.4 Å². The van der Waals surface area contributed by atoms with Crippen LogP contribution in [0.3, 0.4) is 0 Å². The van der Waals surface area contributed by atoms with Gasteiger partial charge in [0.1, 0.15) is 5.69 Å². The first-order valence-electron chi connectivity index (χ1n) is 11.2. The van der Waals surface area contributed by atoms with Crippen LogP contribution in [0, 0.1) is 6.92 Å². The minimum absolute atomic E-state index is 0.268. The fourth-order valence-electron chi connectivity index (χ4n) is 4.30. The Hall–Kier alpha value is -4.18. The van der Waals surface area contributed by atoms with E-state index in [1.165, 1.54) is 7.11 Å². The number of carbonyl (C=O) groups is 2. The lowest BCUT2D eigenvalue weighted by atomic mass is 10.1. The molecule has 1 aliphatic heterocycles. The third-order valence-electron chi connectivity index (χ3n) is 6.02. The molecule has 10 nitrogen and oxygen atoms in total. The van der Waals surface area contributed by atoms with E-state index in [2.05, 4.69) is 20.3 Å². The Kier molecular flexibility index (Phi) is 5.96. The summed E-state index contributed by atoms with van der Waals surface area (Å²) in [6.45, 7) is 4.50. The van der Waals surface area contributed by atoms with Crippen LogP contribution in [0.2, 0.25) is 0 Å². The Labute approximate surface area is 201 Å². The molecule has 0 spiro atoms. The topological polar surface area (TPSA) is 112 Å². The molecule has 1 amide bonds. The van der Waals surface area contributed by atoms with Crippen LogP contribution in [-0.2, 0) is 16.5 Å². The van der Waals surface area contributed by atoms with Gasteiger partial charge in [-0.15, -0.1) is 0 Å². The van der Waals surface area contributed by atoms with E-state index in [0.717, 1.165) is 18.8 Å². The highest BCUT2D eigenvalue weighted by molar-refractivity contribution is 6.15. The first kappa shape index (κ1) is 22.6. The number of amides is 1. The number of esters is 1. The number of methoxy groups -OCH3 is 1. The second kappa shape index (κ2) is 9.22. The molecule has 1 aromatic carbocycles. The second-order valence-electron chi connectivity index (χ2n) is 8.21.